The first kappa shape index (κ1) is 25.6. The van der Waals surface area contributed by atoms with Crippen LogP contribution in [-0.2, 0) is 27.5 Å². The van der Waals surface area contributed by atoms with E-state index >= 15 is 0 Å². The number of carbonyl (C=O) groups is 1. The molecule has 0 aliphatic rings. The summed E-state index contributed by atoms with van der Waals surface area (Å²) in [5.74, 6) is -0.883. The van der Waals surface area contributed by atoms with Gasteiger partial charge in [0.1, 0.15) is 23.0 Å². The minimum absolute atomic E-state index is 0.00634. The molecule has 3 aromatic rings. The van der Waals surface area contributed by atoms with Crippen LogP contribution in [0.4, 0.5) is 42.3 Å². The molecule has 0 fully saturated rings. The van der Waals surface area contributed by atoms with Gasteiger partial charge in [-0.15, -0.1) is 0 Å². The van der Waals surface area contributed by atoms with Crippen LogP contribution in [0.1, 0.15) is 25.0 Å². The van der Waals surface area contributed by atoms with Gasteiger partial charge in [0.05, 0.1) is 17.6 Å². The molecule has 3 rings (SSSR count). The molecule has 0 aliphatic carbocycles. The number of hydrogen-bond donors (Lipinski definition) is 4. The van der Waals surface area contributed by atoms with Crippen molar-refractivity contribution in [3.63, 3.8) is 0 Å². The molecule has 0 atom stereocenters. The summed E-state index contributed by atoms with van der Waals surface area (Å²) >= 11 is 0. The zero-order valence-electron chi connectivity index (χ0n) is 18.5. The smallest absolute Gasteiger partial charge is 0.365 e. The zero-order valence-corrected chi connectivity index (χ0v) is 19.3. The molecule has 3 aromatic heterocycles. The fourth-order valence-corrected chi connectivity index (χ4v) is 3.33. The highest BCUT2D eigenvalue weighted by Crippen LogP contribution is 2.34. The third-order valence-electron chi connectivity index (χ3n) is 4.39. The summed E-state index contributed by atoms with van der Waals surface area (Å²) in [6.45, 7) is 2.56. The van der Waals surface area contributed by atoms with E-state index in [4.69, 9.17) is 0 Å². The van der Waals surface area contributed by atoms with E-state index in [1.807, 2.05) is 0 Å². The summed E-state index contributed by atoms with van der Waals surface area (Å²) in [4.78, 5) is 26.7. The summed E-state index contributed by atoms with van der Waals surface area (Å²) < 4.78 is 66.7. The zero-order chi connectivity index (χ0) is 25.6. The SMILES string of the molecule is CCS(=O)(=O)Nc1ncccc1CNc1nc(Nc2ccc(NC(C)=O)nc2)ncc1C(F)(F)F. The fourth-order valence-electron chi connectivity index (χ4n) is 2.71. The Labute approximate surface area is 198 Å². The molecule has 1 amide bonds. The lowest BCUT2D eigenvalue weighted by Crippen LogP contribution is -2.18. The number of halogens is 3. The van der Waals surface area contributed by atoms with Crippen LogP contribution in [0.5, 0.6) is 0 Å². The van der Waals surface area contributed by atoms with Gasteiger partial charge in [-0.1, -0.05) is 6.07 Å². The molecular formula is C20H21F3N8O3S. The minimum atomic E-state index is -4.75. The summed E-state index contributed by atoms with van der Waals surface area (Å²) in [6, 6.07) is 6.07. The van der Waals surface area contributed by atoms with Crippen LogP contribution in [0.25, 0.3) is 0 Å². The number of rotatable bonds is 9. The normalized spacial score (nSPS) is 11.6. The van der Waals surface area contributed by atoms with Crippen molar-refractivity contribution < 1.29 is 26.4 Å². The third kappa shape index (κ3) is 7.23. The van der Waals surface area contributed by atoms with Gasteiger partial charge in [-0.05, 0) is 25.1 Å². The van der Waals surface area contributed by atoms with Crippen molar-refractivity contribution in [2.45, 2.75) is 26.6 Å². The van der Waals surface area contributed by atoms with Gasteiger partial charge >= 0.3 is 6.18 Å². The first-order valence-electron chi connectivity index (χ1n) is 10.1. The number of nitrogens with zero attached hydrogens (tertiary/aromatic N) is 4. The summed E-state index contributed by atoms with van der Waals surface area (Å²) in [6.07, 6.45) is -1.41. The van der Waals surface area contributed by atoms with Crippen LogP contribution in [0.2, 0.25) is 0 Å². The van der Waals surface area contributed by atoms with Crippen LogP contribution >= 0.6 is 0 Å². The molecule has 4 N–H and O–H groups in total. The van der Waals surface area contributed by atoms with Gasteiger partial charge in [-0.3, -0.25) is 9.52 Å². The number of alkyl halides is 3. The van der Waals surface area contributed by atoms with Crippen molar-refractivity contribution in [3.05, 3.63) is 54.0 Å². The van der Waals surface area contributed by atoms with Crippen LogP contribution in [0, 0.1) is 0 Å². The number of hydrogen-bond acceptors (Lipinski definition) is 9. The van der Waals surface area contributed by atoms with Gasteiger partial charge in [0, 0.05) is 31.4 Å². The van der Waals surface area contributed by atoms with Crippen LogP contribution in [0.3, 0.4) is 0 Å². The van der Waals surface area contributed by atoms with Gasteiger partial charge < -0.3 is 16.0 Å². The molecule has 3 heterocycles. The fraction of sp³-hybridized carbons (Fsp3) is 0.250. The molecule has 0 radical (unpaired) electrons. The van der Waals surface area contributed by atoms with E-state index in [0.29, 0.717) is 23.3 Å². The Morgan fingerprint density at radius 2 is 1.83 bits per heavy atom. The van der Waals surface area contributed by atoms with Gasteiger partial charge in [0.2, 0.25) is 21.9 Å². The molecule has 186 valence electrons. The molecule has 15 heteroatoms. The first-order chi connectivity index (χ1) is 16.5. The second kappa shape index (κ2) is 10.5. The lowest BCUT2D eigenvalue weighted by molar-refractivity contribution is -0.137. The van der Waals surface area contributed by atoms with Crippen molar-refractivity contribution in [1.29, 1.82) is 0 Å². The Hall–Kier alpha value is -4.01. The Kier molecular flexibility index (Phi) is 7.68. The lowest BCUT2D eigenvalue weighted by Gasteiger charge is -2.16. The standard InChI is InChI=1S/C20H21F3N8O3S/c1-3-35(33,34)31-17-13(5-4-8-24-17)9-26-18-15(20(21,22)23)11-27-19(30-18)29-14-6-7-16(25-10-14)28-12(2)32/h4-8,10-11H,3,9H2,1-2H3,(H,24,31)(H,25,28,32)(H2,26,27,29,30). The number of aromatic nitrogens is 4. The quantitative estimate of drug-likeness (QED) is 0.340. The van der Waals surface area contributed by atoms with Gasteiger partial charge in [0.15, 0.2) is 0 Å². The van der Waals surface area contributed by atoms with Crippen molar-refractivity contribution in [1.82, 2.24) is 19.9 Å². The van der Waals surface area contributed by atoms with E-state index in [9.17, 15) is 26.4 Å². The predicted molar refractivity (Wildman–Crippen MR) is 124 cm³/mol. The monoisotopic (exact) mass is 510 g/mol. The molecule has 0 unspecified atom stereocenters. The Morgan fingerprint density at radius 3 is 2.46 bits per heavy atom. The summed E-state index contributed by atoms with van der Waals surface area (Å²) in [7, 11) is -3.65. The topological polar surface area (TPSA) is 151 Å². The molecule has 0 bridgehead atoms. The molecule has 0 aliphatic heterocycles. The maximum absolute atomic E-state index is 13.5. The molecule has 0 saturated heterocycles. The lowest BCUT2D eigenvalue weighted by atomic mass is 10.2. The predicted octanol–water partition coefficient (Wildman–Crippen LogP) is 3.36. The Bertz CT molecular complexity index is 1300. The number of sulfonamides is 1. The first-order valence-corrected chi connectivity index (χ1v) is 11.7. The number of pyridine rings is 2. The molecule has 11 nitrogen and oxygen atoms in total. The largest absolute Gasteiger partial charge is 0.421 e. The summed E-state index contributed by atoms with van der Waals surface area (Å²) in [5.41, 5.74) is -0.432. The highest BCUT2D eigenvalue weighted by Gasteiger charge is 2.35. The Balaban J connectivity index is 1.84. The summed E-state index contributed by atoms with van der Waals surface area (Å²) in [5, 5.41) is 7.82. The van der Waals surface area contributed by atoms with Crippen molar-refractivity contribution in [2.75, 3.05) is 26.4 Å². The minimum Gasteiger partial charge on any atom is -0.365 e. The second-order valence-electron chi connectivity index (χ2n) is 7.06. The van der Waals surface area contributed by atoms with Gasteiger partial charge in [-0.2, -0.15) is 18.2 Å². The van der Waals surface area contributed by atoms with E-state index in [0.717, 1.165) is 0 Å². The van der Waals surface area contributed by atoms with Crippen molar-refractivity contribution in [2.24, 2.45) is 0 Å². The van der Waals surface area contributed by atoms with Crippen molar-refractivity contribution in [3.8, 4) is 0 Å². The number of carbonyl (C=O) groups excluding carboxylic acids is 1. The third-order valence-corrected chi connectivity index (χ3v) is 5.65. The number of amides is 1. The van der Waals surface area contributed by atoms with Crippen LogP contribution < -0.4 is 20.7 Å². The van der Waals surface area contributed by atoms with Crippen LogP contribution in [-0.4, -0.2) is 40.0 Å². The molecule has 35 heavy (non-hydrogen) atoms. The molecule has 0 saturated carbocycles. The molecule has 0 aromatic carbocycles. The average Bonchev–Trinajstić information content (AvgIpc) is 2.78. The molecule has 0 spiro atoms. The molecular weight excluding hydrogens is 489 g/mol. The highest BCUT2D eigenvalue weighted by atomic mass is 32.2. The van der Waals surface area contributed by atoms with E-state index in [2.05, 4.69) is 40.6 Å². The van der Waals surface area contributed by atoms with E-state index in [1.54, 1.807) is 0 Å². The van der Waals surface area contributed by atoms with Gasteiger partial charge in [0.25, 0.3) is 0 Å². The van der Waals surface area contributed by atoms with E-state index in [-0.39, 0.29) is 30.0 Å². The van der Waals surface area contributed by atoms with Gasteiger partial charge in [-0.25, -0.2) is 23.4 Å². The average molecular weight is 511 g/mol. The second-order valence-corrected chi connectivity index (χ2v) is 9.07. The number of nitrogens with one attached hydrogen (secondary N) is 4. The van der Waals surface area contributed by atoms with E-state index in [1.165, 1.54) is 50.5 Å². The Morgan fingerprint density at radius 1 is 1.06 bits per heavy atom. The van der Waals surface area contributed by atoms with Crippen LogP contribution in [0.15, 0.2) is 42.9 Å². The maximum Gasteiger partial charge on any atom is 0.421 e. The number of anilines is 5. The van der Waals surface area contributed by atoms with Crippen molar-refractivity contribution >= 4 is 45.0 Å². The highest BCUT2D eigenvalue weighted by molar-refractivity contribution is 7.92. The van der Waals surface area contributed by atoms with E-state index < -0.39 is 27.6 Å². The maximum atomic E-state index is 13.5.